The quantitative estimate of drug-likeness (QED) is 0.305. The summed E-state index contributed by atoms with van der Waals surface area (Å²) in [5.41, 5.74) is 1.29. The molecule has 0 unspecified atom stereocenters. The number of carbonyl (C=O) groups excluding carboxylic acids is 1. The minimum Gasteiger partial charge on any atom is -0.439 e. The molecule has 202 valence electrons. The molecule has 1 heterocycles. The molecule has 0 saturated carbocycles. The van der Waals surface area contributed by atoms with E-state index in [2.05, 4.69) is 0 Å². The molecule has 0 bridgehead atoms. The lowest BCUT2D eigenvalue weighted by atomic mass is 9.93. The SMILES string of the molecule is Cc1cc([C@H]2OC(=O)N(Cc3cc(C(F)(F)F)ccc3-c3cccc(C(C)C)c3)[C@H]2C)cc(C(F)(F)F)c1. The van der Waals surface area contributed by atoms with E-state index in [-0.39, 0.29) is 23.6 Å². The van der Waals surface area contributed by atoms with E-state index in [1.807, 2.05) is 32.0 Å². The third kappa shape index (κ3) is 5.66. The Balaban J connectivity index is 1.72. The minimum atomic E-state index is -4.59. The van der Waals surface area contributed by atoms with Gasteiger partial charge in [0, 0.05) is 0 Å². The second kappa shape index (κ2) is 10.0. The van der Waals surface area contributed by atoms with Gasteiger partial charge in [-0.3, -0.25) is 4.90 Å². The first kappa shape index (κ1) is 27.5. The Labute approximate surface area is 217 Å². The van der Waals surface area contributed by atoms with Gasteiger partial charge in [0.2, 0.25) is 0 Å². The van der Waals surface area contributed by atoms with E-state index in [1.165, 1.54) is 24.0 Å². The number of rotatable bonds is 5. The van der Waals surface area contributed by atoms with Crippen molar-refractivity contribution in [1.82, 2.24) is 4.90 Å². The highest BCUT2D eigenvalue weighted by Gasteiger charge is 2.41. The summed E-state index contributed by atoms with van der Waals surface area (Å²) >= 11 is 0. The van der Waals surface area contributed by atoms with Gasteiger partial charge in [0.1, 0.15) is 6.10 Å². The summed E-state index contributed by atoms with van der Waals surface area (Å²) in [5, 5.41) is 0. The molecule has 0 N–H and O–H groups in total. The number of amides is 1. The van der Waals surface area contributed by atoms with Gasteiger partial charge in [-0.1, -0.05) is 55.8 Å². The van der Waals surface area contributed by atoms with Crippen LogP contribution in [0, 0.1) is 6.92 Å². The molecule has 1 saturated heterocycles. The van der Waals surface area contributed by atoms with Crippen LogP contribution in [-0.4, -0.2) is 17.0 Å². The molecule has 1 fully saturated rings. The van der Waals surface area contributed by atoms with E-state index in [0.29, 0.717) is 16.7 Å². The lowest BCUT2D eigenvalue weighted by Gasteiger charge is -2.24. The predicted octanol–water partition coefficient (Wildman–Crippen LogP) is 8.91. The van der Waals surface area contributed by atoms with Crippen molar-refractivity contribution < 1.29 is 35.9 Å². The molecule has 9 heteroatoms. The first-order valence-electron chi connectivity index (χ1n) is 12.1. The molecular weight excluding hydrogens is 508 g/mol. The topological polar surface area (TPSA) is 29.5 Å². The second-order valence-corrected chi connectivity index (χ2v) is 9.95. The van der Waals surface area contributed by atoms with Gasteiger partial charge in [0.15, 0.2) is 0 Å². The van der Waals surface area contributed by atoms with Gasteiger partial charge < -0.3 is 4.74 Å². The molecule has 3 nitrogen and oxygen atoms in total. The van der Waals surface area contributed by atoms with E-state index in [9.17, 15) is 31.1 Å². The Bertz CT molecular complexity index is 1350. The number of benzene rings is 3. The number of cyclic esters (lactones) is 1. The average molecular weight is 536 g/mol. The van der Waals surface area contributed by atoms with Gasteiger partial charge in [0.05, 0.1) is 23.7 Å². The fourth-order valence-corrected chi connectivity index (χ4v) is 4.73. The fourth-order valence-electron chi connectivity index (χ4n) is 4.73. The van der Waals surface area contributed by atoms with Crippen molar-refractivity contribution in [1.29, 1.82) is 0 Å². The van der Waals surface area contributed by atoms with Crippen LogP contribution in [0.3, 0.4) is 0 Å². The first-order valence-corrected chi connectivity index (χ1v) is 12.1. The fraction of sp³-hybridized carbons (Fsp3) is 0.345. The predicted molar refractivity (Wildman–Crippen MR) is 131 cm³/mol. The molecule has 0 aliphatic carbocycles. The van der Waals surface area contributed by atoms with Crippen molar-refractivity contribution in [3.63, 3.8) is 0 Å². The Kier molecular flexibility index (Phi) is 7.25. The summed E-state index contributed by atoms with van der Waals surface area (Å²) < 4.78 is 86.4. The van der Waals surface area contributed by atoms with E-state index >= 15 is 0 Å². The summed E-state index contributed by atoms with van der Waals surface area (Å²) in [5.74, 6) is 0.193. The summed E-state index contributed by atoms with van der Waals surface area (Å²) in [6.45, 7) is 6.92. The van der Waals surface area contributed by atoms with Crippen molar-refractivity contribution in [2.24, 2.45) is 0 Å². The Hall–Kier alpha value is -3.49. The molecule has 0 radical (unpaired) electrons. The van der Waals surface area contributed by atoms with Crippen LogP contribution in [0.15, 0.2) is 60.7 Å². The van der Waals surface area contributed by atoms with E-state index in [0.717, 1.165) is 29.8 Å². The van der Waals surface area contributed by atoms with Crippen molar-refractivity contribution in [3.05, 3.63) is 94.0 Å². The van der Waals surface area contributed by atoms with Gasteiger partial charge in [-0.2, -0.15) is 26.3 Å². The molecule has 0 aromatic heterocycles. The summed E-state index contributed by atoms with van der Waals surface area (Å²) in [6.07, 6.45) is -11.0. The van der Waals surface area contributed by atoms with Crippen LogP contribution >= 0.6 is 0 Å². The zero-order chi connectivity index (χ0) is 28.0. The third-order valence-corrected chi connectivity index (χ3v) is 6.79. The number of ether oxygens (including phenoxy) is 1. The van der Waals surface area contributed by atoms with Gasteiger partial charge in [0.25, 0.3) is 0 Å². The lowest BCUT2D eigenvalue weighted by Crippen LogP contribution is -2.31. The standard InChI is InChI=1S/C29H27F6NO2/c1-16(2)19-6-5-7-20(12-19)25-9-8-23(28(30,31)32)14-22(25)15-36-18(4)26(38-27(36)37)21-10-17(3)11-24(13-21)29(33,34)35/h5-14,16,18,26H,15H2,1-4H3/t18-,26-/m0/s1. The molecule has 0 spiro atoms. The highest BCUT2D eigenvalue weighted by molar-refractivity contribution is 5.73. The van der Waals surface area contributed by atoms with Crippen molar-refractivity contribution >= 4 is 6.09 Å². The summed E-state index contributed by atoms with van der Waals surface area (Å²) in [7, 11) is 0. The highest BCUT2D eigenvalue weighted by Crippen LogP contribution is 2.40. The number of halogens is 6. The molecule has 38 heavy (non-hydrogen) atoms. The minimum absolute atomic E-state index is 0.176. The summed E-state index contributed by atoms with van der Waals surface area (Å²) in [4.78, 5) is 14.1. The lowest BCUT2D eigenvalue weighted by molar-refractivity contribution is -0.138. The molecular formula is C29H27F6NO2. The van der Waals surface area contributed by atoms with Crippen molar-refractivity contribution in [2.75, 3.05) is 0 Å². The molecule has 4 rings (SSSR count). The number of alkyl halides is 6. The van der Waals surface area contributed by atoms with E-state index in [1.54, 1.807) is 13.0 Å². The summed E-state index contributed by atoms with van der Waals surface area (Å²) in [6, 6.07) is 13.6. The number of hydrogen-bond donors (Lipinski definition) is 0. The molecule has 1 aliphatic rings. The molecule has 1 amide bonds. The Morgan fingerprint density at radius 2 is 1.58 bits per heavy atom. The monoisotopic (exact) mass is 535 g/mol. The van der Waals surface area contributed by atoms with Crippen molar-refractivity contribution in [3.8, 4) is 11.1 Å². The molecule has 3 aromatic rings. The Morgan fingerprint density at radius 3 is 2.21 bits per heavy atom. The van der Waals surface area contributed by atoms with Crippen LogP contribution < -0.4 is 0 Å². The van der Waals surface area contributed by atoms with E-state index in [4.69, 9.17) is 4.74 Å². The van der Waals surface area contributed by atoms with Crippen LogP contribution in [0.1, 0.15) is 66.2 Å². The second-order valence-electron chi connectivity index (χ2n) is 9.95. The smallest absolute Gasteiger partial charge is 0.416 e. The van der Waals surface area contributed by atoms with Gasteiger partial charge in [-0.15, -0.1) is 0 Å². The molecule has 3 aromatic carbocycles. The number of hydrogen-bond acceptors (Lipinski definition) is 2. The number of nitrogens with zero attached hydrogens (tertiary/aromatic N) is 1. The van der Waals surface area contributed by atoms with Crippen LogP contribution in [0.25, 0.3) is 11.1 Å². The van der Waals surface area contributed by atoms with Gasteiger partial charge >= 0.3 is 18.4 Å². The maximum atomic E-state index is 13.6. The van der Waals surface area contributed by atoms with Crippen LogP contribution in [0.4, 0.5) is 31.1 Å². The maximum absolute atomic E-state index is 13.6. The normalized spacial score (nSPS) is 18.3. The molecule has 1 aliphatic heterocycles. The largest absolute Gasteiger partial charge is 0.439 e. The van der Waals surface area contributed by atoms with Gasteiger partial charge in [-0.25, -0.2) is 4.79 Å². The average Bonchev–Trinajstić information content (AvgIpc) is 3.11. The maximum Gasteiger partial charge on any atom is 0.416 e. The Morgan fingerprint density at radius 1 is 0.895 bits per heavy atom. The zero-order valence-corrected chi connectivity index (χ0v) is 21.2. The highest BCUT2D eigenvalue weighted by atomic mass is 19.4. The van der Waals surface area contributed by atoms with Crippen LogP contribution in [-0.2, 0) is 23.6 Å². The number of aryl methyl sites for hydroxylation is 1. The van der Waals surface area contributed by atoms with Crippen molar-refractivity contribution in [2.45, 2.75) is 64.7 Å². The number of carbonyl (C=O) groups is 1. The zero-order valence-electron chi connectivity index (χ0n) is 21.2. The van der Waals surface area contributed by atoms with Crippen LogP contribution in [0.5, 0.6) is 0 Å². The van der Waals surface area contributed by atoms with E-state index < -0.39 is 41.7 Å². The third-order valence-electron chi connectivity index (χ3n) is 6.79. The first-order chi connectivity index (χ1) is 17.6. The molecule has 2 atom stereocenters. The van der Waals surface area contributed by atoms with Gasteiger partial charge in [-0.05, 0) is 71.8 Å². The van der Waals surface area contributed by atoms with Crippen LogP contribution in [0.2, 0.25) is 0 Å².